The Balaban J connectivity index is 2.13. The van der Waals surface area contributed by atoms with E-state index in [9.17, 15) is 0 Å². The van der Waals surface area contributed by atoms with E-state index in [1.807, 2.05) is 24.3 Å². The van der Waals surface area contributed by atoms with Crippen LogP contribution in [0, 0.1) is 20.8 Å². The van der Waals surface area contributed by atoms with Crippen molar-refractivity contribution >= 4 is 15.9 Å². The molecule has 0 saturated carbocycles. The van der Waals surface area contributed by atoms with E-state index in [2.05, 4.69) is 48.8 Å². The summed E-state index contributed by atoms with van der Waals surface area (Å²) in [6.45, 7) is 7.03. The molecule has 2 rings (SSSR count). The van der Waals surface area contributed by atoms with Gasteiger partial charge in [-0.25, -0.2) is 0 Å². The largest absolute Gasteiger partial charge is 0.489 e. The Kier molecular flexibility index (Phi) is 4.07. The third-order valence-electron chi connectivity index (χ3n) is 3.04. The van der Waals surface area contributed by atoms with Gasteiger partial charge in [-0.2, -0.15) is 0 Å². The van der Waals surface area contributed by atoms with Gasteiger partial charge in [0.2, 0.25) is 0 Å². The lowest BCUT2D eigenvalue weighted by atomic mass is 10.0. The van der Waals surface area contributed by atoms with Crippen LogP contribution in [-0.4, -0.2) is 0 Å². The van der Waals surface area contributed by atoms with E-state index >= 15 is 0 Å². The summed E-state index contributed by atoms with van der Waals surface area (Å²) in [5.74, 6) is 0.901. The van der Waals surface area contributed by atoms with Crippen molar-refractivity contribution < 1.29 is 4.74 Å². The van der Waals surface area contributed by atoms with Crippen LogP contribution in [0.2, 0.25) is 0 Å². The number of halogens is 1. The summed E-state index contributed by atoms with van der Waals surface area (Å²) >= 11 is 3.42. The topological polar surface area (TPSA) is 9.23 Å². The van der Waals surface area contributed by atoms with Crippen molar-refractivity contribution in [3.8, 4) is 5.75 Å². The highest BCUT2D eigenvalue weighted by molar-refractivity contribution is 9.10. The lowest BCUT2D eigenvalue weighted by Gasteiger charge is -2.12. The van der Waals surface area contributed by atoms with Gasteiger partial charge < -0.3 is 4.74 Å². The van der Waals surface area contributed by atoms with Gasteiger partial charge in [0.05, 0.1) is 0 Å². The first-order valence-corrected chi connectivity index (χ1v) is 6.80. The van der Waals surface area contributed by atoms with Crippen molar-refractivity contribution in [2.45, 2.75) is 27.4 Å². The average molecular weight is 305 g/mol. The van der Waals surface area contributed by atoms with Crippen LogP contribution in [0.1, 0.15) is 22.3 Å². The second-order valence-corrected chi connectivity index (χ2v) is 5.54. The molecule has 1 nitrogen and oxygen atoms in total. The van der Waals surface area contributed by atoms with Gasteiger partial charge in [-0.15, -0.1) is 0 Å². The molecule has 0 saturated heterocycles. The van der Waals surface area contributed by atoms with Gasteiger partial charge in [0.25, 0.3) is 0 Å². The third kappa shape index (κ3) is 3.14. The first-order valence-electron chi connectivity index (χ1n) is 6.01. The van der Waals surface area contributed by atoms with Crippen LogP contribution < -0.4 is 4.74 Å². The normalized spacial score (nSPS) is 10.4. The highest BCUT2D eigenvalue weighted by Crippen LogP contribution is 2.21. The maximum absolute atomic E-state index is 5.83. The van der Waals surface area contributed by atoms with Gasteiger partial charge in [0, 0.05) is 4.47 Å². The quantitative estimate of drug-likeness (QED) is 0.779. The molecule has 0 aliphatic heterocycles. The first-order chi connectivity index (χ1) is 8.56. The molecule has 2 aromatic rings. The molecule has 0 unspecified atom stereocenters. The van der Waals surface area contributed by atoms with Crippen molar-refractivity contribution in [1.29, 1.82) is 0 Å². The molecule has 2 heteroatoms. The third-order valence-corrected chi connectivity index (χ3v) is 3.57. The number of hydrogen-bond acceptors (Lipinski definition) is 1. The van der Waals surface area contributed by atoms with Crippen molar-refractivity contribution in [2.75, 3.05) is 0 Å². The summed E-state index contributed by atoms with van der Waals surface area (Å²) in [7, 11) is 0. The van der Waals surface area contributed by atoms with Crippen LogP contribution in [0.4, 0.5) is 0 Å². The van der Waals surface area contributed by atoms with Crippen molar-refractivity contribution in [2.24, 2.45) is 0 Å². The van der Waals surface area contributed by atoms with E-state index in [1.165, 1.54) is 22.3 Å². The summed E-state index contributed by atoms with van der Waals surface area (Å²) < 4.78 is 6.89. The van der Waals surface area contributed by atoms with E-state index in [1.54, 1.807) is 0 Å². The number of ether oxygens (including phenoxy) is 1. The zero-order valence-electron chi connectivity index (χ0n) is 11.0. The van der Waals surface area contributed by atoms with Gasteiger partial charge in [0.15, 0.2) is 0 Å². The average Bonchev–Trinajstić information content (AvgIpc) is 2.30. The molecule has 0 N–H and O–H groups in total. The minimum atomic E-state index is 0.625. The number of rotatable bonds is 3. The lowest BCUT2D eigenvalue weighted by molar-refractivity contribution is 0.304. The molecule has 0 fully saturated rings. The fourth-order valence-corrected chi connectivity index (χ4v) is 2.39. The van der Waals surface area contributed by atoms with E-state index in [-0.39, 0.29) is 0 Å². The van der Waals surface area contributed by atoms with Gasteiger partial charge in [-0.1, -0.05) is 33.6 Å². The fourth-order valence-electron chi connectivity index (χ4n) is 2.12. The SMILES string of the molecule is Cc1cc(C)c(COc2ccc(Br)cc2)c(C)c1. The molecule has 18 heavy (non-hydrogen) atoms. The number of hydrogen-bond donors (Lipinski definition) is 0. The highest BCUT2D eigenvalue weighted by atomic mass is 79.9. The Hall–Kier alpha value is -1.28. The summed E-state index contributed by atoms with van der Waals surface area (Å²) in [6, 6.07) is 12.3. The molecule has 0 aliphatic carbocycles. The molecule has 0 radical (unpaired) electrons. The number of benzene rings is 2. The van der Waals surface area contributed by atoms with Crippen LogP contribution >= 0.6 is 15.9 Å². The van der Waals surface area contributed by atoms with Crippen molar-refractivity contribution in [3.63, 3.8) is 0 Å². The Morgan fingerprint density at radius 2 is 1.50 bits per heavy atom. The molecule has 0 bridgehead atoms. The van der Waals surface area contributed by atoms with E-state index < -0.39 is 0 Å². The van der Waals surface area contributed by atoms with Crippen LogP contribution in [0.25, 0.3) is 0 Å². The fraction of sp³-hybridized carbons (Fsp3) is 0.250. The molecule has 2 aromatic carbocycles. The monoisotopic (exact) mass is 304 g/mol. The van der Waals surface area contributed by atoms with Crippen LogP contribution in [0.3, 0.4) is 0 Å². The van der Waals surface area contributed by atoms with Crippen LogP contribution in [-0.2, 0) is 6.61 Å². The molecule has 94 valence electrons. The van der Waals surface area contributed by atoms with Crippen LogP contribution in [0.5, 0.6) is 5.75 Å². The van der Waals surface area contributed by atoms with Gasteiger partial charge in [-0.3, -0.25) is 0 Å². The van der Waals surface area contributed by atoms with E-state index in [0.717, 1.165) is 10.2 Å². The Bertz CT molecular complexity index is 521. The van der Waals surface area contributed by atoms with Crippen molar-refractivity contribution in [1.82, 2.24) is 0 Å². The summed E-state index contributed by atoms with van der Waals surface area (Å²) in [4.78, 5) is 0. The molecule has 0 aromatic heterocycles. The Labute approximate surface area is 117 Å². The molecule has 0 spiro atoms. The molecule has 0 heterocycles. The minimum Gasteiger partial charge on any atom is -0.489 e. The molecular formula is C16H17BrO. The summed E-state index contributed by atoms with van der Waals surface area (Å²) in [5.41, 5.74) is 5.18. The maximum Gasteiger partial charge on any atom is 0.119 e. The Morgan fingerprint density at radius 3 is 2.06 bits per heavy atom. The second kappa shape index (κ2) is 5.57. The predicted octanol–water partition coefficient (Wildman–Crippen LogP) is 4.95. The standard InChI is InChI=1S/C16H17BrO/c1-11-8-12(2)16(13(3)9-11)10-18-15-6-4-14(17)5-7-15/h4-9H,10H2,1-3H3. The maximum atomic E-state index is 5.83. The summed E-state index contributed by atoms with van der Waals surface area (Å²) in [6.07, 6.45) is 0. The zero-order chi connectivity index (χ0) is 13.1. The van der Waals surface area contributed by atoms with E-state index in [4.69, 9.17) is 4.74 Å². The first kappa shape index (κ1) is 13.2. The zero-order valence-corrected chi connectivity index (χ0v) is 12.5. The highest BCUT2D eigenvalue weighted by Gasteiger charge is 2.04. The molecule has 0 aliphatic rings. The van der Waals surface area contributed by atoms with Gasteiger partial charge >= 0.3 is 0 Å². The Morgan fingerprint density at radius 1 is 0.944 bits per heavy atom. The molecular weight excluding hydrogens is 288 g/mol. The van der Waals surface area contributed by atoms with Crippen LogP contribution in [0.15, 0.2) is 40.9 Å². The minimum absolute atomic E-state index is 0.625. The summed E-state index contributed by atoms with van der Waals surface area (Å²) in [5, 5.41) is 0. The second-order valence-electron chi connectivity index (χ2n) is 4.62. The molecule has 0 atom stereocenters. The number of aryl methyl sites for hydroxylation is 3. The predicted molar refractivity (Wildman–Crippen MR) is 79.1 cm³/mol. The molecule has 0 amide bonds. The van der Waals surface area contributed by atoms with Gasteiger partial charge in [0.1, 0.15) is 12.4 Å². The van der Waals surface area contributed by atoms with Gasteiger partial charge in [-0.05, 0) is 61.7 Å². The van der Waals surface area contributed by atoms with E-state index in [0.29, 0.717) is 6.61 Å². The smallest absolute Gasteiger partial charge is 0.119 e. The van der Waals surface area contributed by atoms with Crippen molar-refractivity contribution in [3.05, 3.63) is 63.1 Å². The lowest BCUT2D eigenvalue weighted by Crippen LogP contribution is -2.01.